The van der Waals surface area contributed by atoms with Gasteiger partial charge in [0.1, 0.15) is 11.5 Å². The van der Waals surface area contributed by atoms with Gasteiger partial charge >= 0.3 is 0 Å². The highest BCUT2D eigenvalue weighted by atomic mass is 16.5. The Kier molecular flexibility index (Phi) is 7.49. The smallest absolute Gasteiger partial charge is 0.276 e. The van der Waals surface area contributed by atoms with Gasteiger partial charge in [-0.25, -0.2) is 0 Å². The standard InChI is InChI=1S/C20H24N2O4/c1-15-11-16(2)13-18(12-15)26-14-20(24)22-21-19(23)9-6-10-25-17-7-4-3-5-8-17/h3-5,7-8,11-13H,6,9-10,14H2,1-2H3,(H,21,23)(H,22,24). The van der Waals surface area contributed by atoms with Crippen molar-refractivity contribution in [2.45, 2.75) is 26.7 Å². The van der Waals surface area contributed by atoms with E-state index in [9.17, 15) is 9.59 Å². The van der Waals surface area contributed by atoms with Crippen LogP contribution in [0.2, 0.25) is 0 Å². The Balaban J connectivity index is 1.58. The summed E-state index contributed by atoms with van der Waals surface area (Å²) >= 11 is 0. The van der Waals surface area contributed by atoms with E-state index >= 15 is 0 Å². The number of para-hydroxylation sites is 1. The number of ether oxygens (including phenoxy) is 2. The topological polar surface area (TPSA) is 76.7 Å². The van der Waals surface area contributed by atoms with Crippen molar-refractivity contribution >= 4 is 11.8 Å². The molecule has 2 amide bonds. The molecule has 2 aromatic carbocycles. The van der Waals surface area contributed by atoms with Crippen LogP contribution in [0.15, 0.2) is 48.5 Å². The Morgan fingerprint density at radius 1 is 0.846 bits per heavy atom. The Morgan fingerprint density at radius 2 is 1.50 bits per heavy atom. The molecule has 0 radical (unpaired) electrons. The van der Waals surface area contributed by atoms with Crippen molar-refractivity contribution in [1.82, 2.24) is 10.9 Å². The van der Waals surface area contributed by atoms with Crippen LogP contribution in [0.25, 0.3) is 0 Å². The van der Waals surface area contributed by atoms with E-state index in [4.69, 9.17) is 9.47 Å². The summed E-state index contributed by atoms with van der Waals surface area (Å²) in [5.74, 6) is 0.700. The lowest BCUT2D eigenvalue weighted by Crippen LogP contribution is -2.43. The maximum Gasteiger partial charge on any atom is 0.276 e. The SMILES string of the molecule is Cc1cc(C)cc(OCC(=O)NNC(=O)CCCOc2ccccc2)c1. The van der Waals surface area contributed by atoms with Gasteiger partial charge in [-0.3, -0.25) is 20.4 Å². The molecule has 2 aromatic rings. The molecule has 0 aliphatic carbocycles. The third-order valence-corrected chi connectivity index (χ3v) is 3.47. The van der Waals surface area contributed by atoms with E-state index in [1.165, 1.54) is 0 Å². The third-order valence-electron chi connectivity index (χ3n) is 3.47. The number of carbonyl (C=O) groups is 2. The molecular weight excluding hydrogens is 332 g/mol. The number of amides is 2. The number of hydrogen-bond donors (Lipinski definition) is 2. The van der Waals surface area contributed by atoms with Crippen molar-refractivity contribution < 1.29 is 19.1 Å². The van der Waals surface area contributed by atoms with Gasteiger partial charge in [0.2, 0.25) is 5.91 Å². The Morgan fingerprint density at radius 3 is 2.19 bits per heavy atom. The molecule has 0 spiro atoms. The van der Waals surface area contributed by atoms with Crippen LogP contribution in [0.1, 0.15) is 24.0 Å². The first kappa shape index (κ1) is 19.3. The third kappa shape index (κ3) is 7.25. The van der Waals surface area contributed by atoms with Gasteiger partial charge in [0.25, 0.3) is 5.91 Å². The van der Waals surface area contributed by atoms with Crippen molar-refractivity contribution in [3.8, 4) is 11.5 Å². The molecule has 0 fully saturated rings. The lowest BCUT2D eigenvalue weighted by molar-refractivity contribution is -0.130. The largest absolute Gasteiger partial charge is 0.494 e. The molecule has 0 bridgehead atoms. The van der Waals surface area contributed by atoms with E-state index in [1.807, 2.05) is 62.4 Å². The molecule has 26 heavy (non-hydrogen) atoms. The van der Waals surface area contributed by atoms with E-state index < -0.39 is 5.91 Å². The van der Waals surface area contributed by atoms with Crippen LogP contribution in [0, 0.1) is 13.8 Å². The van der Waals surface area contributed by atoms with Crippen LogP contribution in [-0.2, 0) is 9.59 Å². The van der Waals surface area contributed by atoms with Gasteiger partial charge in [-0.1, -0.05) is 24.3 Å². The van der Waals surface area contributed by atoms with Crippen LogP contribution >= 0.6 is 0 Å². The number of carbonyl (C=O) groups excluding carboxylic acids is 2. The molecule has 0 aromatic heterocycles. The predicted molar refractivity (Wildman–Crippen MR) is 98.9 cm³/mol. The molecule has 0 saturated heterocycles. The summed E-state index contributed by atoms with van der Waals surface area (Å²) in [7, 11) is 0. The summed E-state index contributed by atoms with van der Waals surface area (Å²) in [5, 5.41) is 0. The minimum absolute atomic E-state index is 0.166. The van der Waals surface area contributed by atoms with Crippen LogP contribution in [0.3, 0.4) is 0 Å². The van der Waals surface area contributed by atoms with Crippen LogP contribution in [0.4, 0.5) is 0 Å². The monoisotopic (exact) mass is 356 g/mol. The zero-order valence-electron chi connectivity index (χ0n) is 15.1. The Hall–Kier alpha value is -3.02. The number of benzene rings is 2. The van der Waals surface area contributed by atoms with E-state index in [-0.39, 0.29) is 18.9 Å². The molecule has 2 N–H and O–H groups in total. The van der Waals surface area contributed by atoms with Gasteiger partial charge in [0.05, 0.1) is 6.61 Å². The predicted octanol–water partition coefficient (Wildman–Crippen LogP) is 2.69. The second-order valence-electron chi connectivity index (χ2n) is 5.97. The molecule has 138 valence electrons. The zero-order chi connectivity index (χ0) is 18.8. The molecule has 0 unspecified atom stereocenters. The van der Waals surface area contributed by atoms with E-state index in [2.05, 4.69) is 10.9 Å². The molecular formula is C20H24N2O4. The van der Waals surface area contributed by atoms with Crippen LogP contribution < -0.4 is 20.3 Å². The molecule has 0 aliphatic heterocycles. The summed E-state index contributed by atoms with van der Waals surface area (Å²) in [5.41, 5.74) is 6.83. The maximum absolute atomic E-state index is 11.7. The van der Waals surface area contributed by atoms with Crippen molar-refractivity contribution in [2.75, 3.05) is 13.2 Å². The molecule has 2 rings (SSSR count). The minimum Gasteiger partial charge on any atom is -0.494 e. The number of rotatable bonds is 8. The number of aryl methyl sites for hydroxylation is 2. The molecule has 0 heterocycles. The van der Waals surface area contributed by atoms with E-state index in [1.54, 1.807) is 0 Å². The van der Waals surface area contributed by atoms with Crippen LogP contribution in [0.5, 0.6) is 11.5 Å². The lowest BCUT2D eigenvalue weighted by Gasteiger charge is -2.10. The minimum atomic E-state index is -0.418. The summed E-state index contributed by atoms with van der Waals surface area (Å²) in [6.07, 6.45) is 0.806. The first-order chi connectivity index (χ1) is 12.5. The first-order valence-electron chi connectivity index (χ1n) is 8.49. The zero-order valence-corrected chi connectivity index (χ0v) is 15.1. The van der Waals surface area contributed by atoms with Gasteiger partial charge in [-0.2, -0.15) is 0 Å². The molecule has 0 saturated carbocycles. The Bertz CT molecular complexity index is 712. The Labute approximate surface area is 153 Å². The lowest BCUT2D eigenvalue weighted by atomic mass is 10.1. The van der Waals surface area contributed by atoms with Crippen LogP contribution in [-0.4, -0.2) is 25.0 Å². The number of hydrazine groups is 1. The molecule has 0 atom stereocenters. The fourth-order valence-corrected chi connectivity index (χ4v) is 2.34. The van der Waals surface area contributed by atoms with Gasteiger partial charge in [-0.15, -0.1) is 0 Å². The highest BCUT2D eigenvalue weighted by molar-refractivity contribution is 5.82. The second kappa shape index (κ2) is 10.1. The van der Waals surface area contributed by atoms with Crippen molar-refractivity contribution in [3.05, 3.63) is 59.7 Å². The normalized spacial score (nSPS) is 10.1. The number of hydrogen-bond acceptors (Lipinski definition) is 4. The quantitative estimate of drug-likeness (QED) is 0.563. The summed E-state index contributed by atoms with van der Waals surface area (Å²) in [6, 6.07) is 15.1. The van der Waals surface area contributed by atoms with Crippen molar-refractivity contribution in [3.63, 3.8) is 0 Å². The highest BCUT2D eigenvalue weighted by Crippen LogP contribution is 2.15. The number of nitrogens with one attached hydrogen (secondary N) is 2. The van der Waals surface area contributed by atoms with E-state index in [0.29, 0.717) is 18.8 Å². The highest BCUT2D eigenvalue weighted by Gasteiger charge is 2.06. The average Bonchev–Trinajstić information content (AvgIpc) is 2.62. The summed E-state index contributed by atoms with van der Waals surface area (Å²) in [6.45, 7) is 4.19. The molecule has 6 heteroatoms. The summed E-state index contributed by atoms with van der Waals surface area (Å²) in [4.78, 5) is 23.4. The van der Waals surface area contributed by atoms with Crippen molar-refractivity contribution in [1.29, 1.82) is 0 Å². The van der Waals surface area contributed by atoms with Gasteiger partial charge < -0.3 is 9.47 Å². The maximum atomic E-state index is 11.7. The molecule has 6 nitrogen and oxygen atoms in total. The van der Waals surface area contributed by atoms with E-state index in [0.717, 1.165) is 16.9 Å². The average molecular weight is 356 g/mol. The van der Waals surface area contributed by atoms with Crippen molar-refractivity contribution in [2.24, 2.45) is 0 Å². The van der Waals surface area contributed by atoms with Gasteiger partial charge in [0, 0.05) is 6.42 Å². The second-order valence-corrected chi connectivity index (χ2v) is 5.97. The summed E-state index contributed by atoms with van der Waals surface area (Å²) < 4.78 is 10.9. The fraction of sp³-hybridized carbons (Fsp3) is 0.300. The fourth-order valence-electron chi connectivity index (χ4n) is 2.34. The molecule has 0 aliphatic rings. The van der Waals surface area contributed by atoms with Gasteiger partial charge in [-0.05, 0) is 55.7 Å². The first-order valence-corrected chi connectivity index (χ1v) is 8.49. The van der Waals surface area contributed by atoms with Gasteiger partial charge in [0.15, 0.2) is 6.61 Å².